The Morgan fingerprint density at radius 2 is 2.00 bits per heavy atom. The van der Waals surface area contributed by atoms with E-state index in [4.69, 9.17) is 0 Å². The van der Waals surface area contributed by atoms with Crippen LogP contribution in [0.5, 0.6) is 0 Å². The zero-order valence-corrected chi connectivity index (χ0v) is 18.3. The molecule has 10 heteroatoms. The van der Waals surface area contributed by atoms with Crippen LogP contribution in [0, 0.1) is 0 Å². The highest BCUT2D eigenvalue weighted by atomic mass is 32.1. The first-order valence-corrected chi connectivity index (χ1v) is 10.9. The minimum Gasteiger partial charge on any atom is -0.347 e. The first kappa shape index (κ1) is 20.3. The van der Waals surface area contributed by atoms with Gasteiger partial charge in [0.2, 0.25) is 11.9 Å². The first-order valence-electron chi connectivity index (χ1n) is 10.0. The molecule has 4 heterocycles. The van der Waals surface area contributed by atoms with E-state index in [0.29, 0.717) is 23.4 Å². The molecule has 0 aromatic carbocycles. The van der Waals surface area contributed by atoms with Crippen LogP contribution in [-0.2, 0) is 13.6 Å². The summed E-state index contributed by atoms with van der Waals surface area (Å²) in [6.45, 7) is 2.12. The summed E-state index contributed by atoms with van der Waals surface area (Å²) in [7, 11) is 5.58. The summed E-state index contributed by atoms with van der Waals surface area (Å²) in [6, 6.07) is 5.76. The molecule has 0 bridgehead atoms. The Balaban J connectivity index is 1.50. The molecule has 9 nitrogen and oxygen atoms in total. The smallest absolute Gasteiger partial charge is 0.269 e. The number of carbonyl (C=O) groups is 1. The van der Waals surface area contributed by atoms with Gasteiger partial charge in [-0.25, -0.2) is 0 Å². The lowest BCUT2D eigenvalue weighted by molar-refractivity contribution is 0.0940. The van der Waals surface area contributed by atoms with Crippen molar-refractivity contribution in [2.24, 2.45) is 7.05 Å². The van der Waals surface area contributed by atoms with Crippen LogP contribution in [-0.4, -0.2) is 57.8 Å². The molecule has 0 spiro atoms. The van der Waals surface area contributed by atoms with Crippen LogP contribution < -0.4 is 15.1 Å². The first-order chi connectivity index (χ1) is 14.5. The van der Waals surface area contributed by atoms with Crippen molar-refractivity contribution in [3.8, 4) is 10.6 Å². The Morgan fingerprint density at radius 1 is 1.20 bits per heavy atom. The lowest BCUT2D eigenvalue weighted by atomic mass is 10.1. The molecule has 1 aliphatic rings. The highest BCUT2D eigenvalue weighted by Gasteiger charge is 2.19. The normalized spacial score (nSPS) is 14.0. The highest BCUT2D eigenvalue weighted by Crippen LogP contribution is 2.24. The molecule has 0 unspecified atom stereocenters. The topological polar surface area (TPSA) is 92.1 Å². The fourth-order valence-corrected chi connectivity index (χ4v) is 4.07. The number of anilines is 2. The molecule has 3 aromatic rings. The predicted octanol–water partition coefficient (Wildman–Crippen LogP) is 2.32. The summed E-state index contributed by atoms with van der Waals surface area (Å²) in [6.07, 6.45) is 3.52. The molecule has 1 saturated heterocycles. The van der Waals surface area contributed by atoms with Crippen LogP contribution >= 0.6 is 11.3 Å². The molecular formula is C20H26N8OS. The molecule has 0 saturated carbocycles. The number of nitrogens with one attached hydrogen (secondary N) is 1. The van der Waals surface area contributed by atoms with Gasteiger partial charge in [0, 0.05) is 34.2 Å². The number of aromatic nitrogens is 5. The van der Waals surface area contributed by atoms with Crippen LogP contribution in [0.15, 0.2) is 23.6 Å². The van der Waals surface area contributed by atoms with E-state index in [2.05, 4.69) is 30.3 Å². The third kappa shape index (κ3) is 4.43. The molecule has 0 atom stereocenters. The van der Waals surface area contributed by atoms with Crippen molar-refractivity contribution in [3.63, 3.8) is 0 Å². The molecule has 1 fully saturated rings. The number of amides is 1. The second-order valence-corrected chi connectivity index (χ2v) is 8.44. The van der Waals surface area contributed by atoms with Crippen LogP contribution in [0.3, 0.4) is 0 Å². The van der Waals surface area contributed by atoms with E-state index in [1.165, 1.54) is 6.42 Å². The van der Waals surface area contributed by atoms with Crippen LogP contribution in [0.2, 0.25) is 0 Å². The molecule has 3 aromatic heterocycles. The number of aryl methyl sites for hydroxylation is 1. The van der Waals surface area contributed by atoms with Gasteiger partial charge in [-0.15, -0.1) is 11.3 Å². The molecule has 158 valence electrons. The summed E-state index contributed by atoms with van der Waals surface area (Å²) < 4.78 is 1.60. The van der Waals surface area contributed by atoms with Crippen molar-refractivity contribution in [1.82, 2.24) is 30.0 Å². The Hall–Kier alpha value is -3.01. The summed E-state index contributed by atoms with van der Waals surface area (Å²) >= 11 is 1.60. The lowest BCUT2D eigenvalue weighted by Gasteiger charge is -2.27. The number of piperidine rings is 1. The Labute approximate surface area is 179 Å². The minimum atomic E-state index is -0.209. The van der Waals surface area contributed by atoms with E-state index >= 15 is 0 Å². The Kier molecular flexibility index (Phi) is 5.93. The van der Waals surface area contributed by atoms with Gasteiger partial charge in [0.25, 0.3) is 5.91 Å². The maximum atomic E-state index is 12.8. The van der Waals surface area contributed by atoms with Gasteiger partial charge in [0.15, 0.2) is 5.82 Å². The molecule has 0 aliphatic carbocycles. The van der Waals surface area contributed by atoms with Crippen molar-refractivity contribution in [2.45, 2.75) is 25.8 Å². The SMILES string of the molecule is CN(C)c1nc(CNC(=O)c2cc(-c3cccs3)nn2C)nc(N2CCCCC2)n1. The molecular weight excluding hydrogens is 400 g/mol. The van der Waals surface area contributed by atoms with Gasteiger partial charge in [-0.05, 0) is 36.8 Å². The molecule has 0 radical (unpaired) electrons. The van der Waals surface area contributed by atoms with Gasteiger partial charge in [-0.3, -0.25) is 9.48 Å². The van der Waals surface area contributed by atoms with E-state index in [-0.39, 0.29) is 12.5 Å². The maximum absolute atomic E-state index is 12.8. The second-order valence-electron chi connectivity index (χ2n) is 7.49. The highest BCUT2D eigenvalue weighted by molar-refractivity contribution is 7.13. The summed E-state index contributed by atoms with van der Waals surface area (Å²) in [5.74, 6) is 1.61. The molecule has 30 heavy (non-hydrogen) atoms. The number of rotatable bonds is 6. The maximum Gasteiger partial charge on any atom is 0.269 e. The average molecular weight is 427 g/mol. The van der Waals surface area contributed by atoms with Gasteiger partial charge in [0.05, 0.1) is 11.4 Å². The van der Waals surface area contributed by atoms with Crippen molar-refractivity contribution >= 4 is 29.1 Å². The molecule has 4 rings (SSSR count). The molecule has 1 amide bonds. The monoisotopic (exact) mass is 426 g/mol. The minimum absolute atomic E-state index is 0.209. The standard InChI is InChI=1S/C20H26N8OS/c1-26(2)19-22-17(23-20(24-19)28-9-5-4-6-10-28)13-21-18(29)15-12-14(25-27(15)3)16-8-7-11-30-16/h7-8,11-12H,4-6,9-10,13H2,1-3H3,(H,21,29). The number of thiophene rings is 1. The van der Waals surface area contributed by atoms with E-state index in [1.54, 1.807) is 29.1 Å². The number of hydrogen-bond donors (Lipinski definition) is 1. The fraction of sp³-hybridized carbons (Fsp3) is 0.450. The summed E-state index contributed by atoms with van der Waals surface area (Å²) in [5, 5.41) is 9.37. The fourth-order valence-electron chi connectivity index (χ4n) is 3.38. The van der Waals surface area contributed by atoms with E-state index < -0.39 is 0 Å². The third-order valence-corrected chi connectivity index (χ3v) is 5.88. The Morgan fingerprint density at radius 3 is 2.70 bits per heavy atom. The van der Waals surface area contributed by atoms with Gasteiger partial charge in [0.1, 0.15) is 11.4 Å². The number of nitrogens with zero attached hydrogens (tertiary/aromatic N) is 7. The van der Waals surface area contributed by atoms with Crippen molar-refractivity contribution in [3.05, 3.63) is 35.1 Å². The summed E-state index contributed by atoms with van der Waals surface area (Å²) in [5.41, 5.74) is 1.29. The average Bonchev–Trinajstić information content (AvgIpc) is 3.42. The zero-order chi connectivity index (χ0) is 21.1. The van der Waals surface area contributed by atoms with Crippen LogP contribution in [0.1, 0.15) is 35.6 Å². The zero-order valence-electron chi connectivity index (χ0n) is 17.5. The summed E-state index contributed by atoms with van der Waals surface area (Å²) in [4.78, 5) is 31.6. The van der Waals surface area contributed by atoms with E-state index in [9.17, 15) is 4.79 Å². The predicted molar refractivity (Wildman–Crippen MR) is 118 cm³/mol. The quantitative estimate of drug-likeness (QED) is 0.647. The van der Waals surface area contributed by atoms with Crippen LogP contribution in [0.25, 0.3) is 10.6 Å². The van der Waals surface area contributed by atoms with Crippen molar-refractivity contribution in [2.75, 3.05) is 37.0 Å². The lowest BCUT2D eigenvalue weighted by Crippen LogP contribution is -2.33. The van der Waals surface area contributed by atoms with Gasteiger partial charge in [-0.1, -0.05) is 6.07 Å². The van der Waals surface area contributed by atoms with Gasteiger partial charge in [-0.2, -0.15) is 20.1 Å². The van der Waals surface area contributed by atoms with Gasteiger partial charge < -0.3 is 15.1 Å². The number of hydrogen-bond acceptors (Lipinski definition) is 8. The van der Waals surface area contributed by atoms with E-state index in [1.807, 2.05) is 36.5 Å². The largest absolute Gasteiger partial charge is 0.347 e. The van der Waals surface area contributed by atoms with Crippen LogP contribution in [0.4, 0.5) is 11.9 Å². The van der Waals surface area contributed by atoms with Crippen molar-refractivity contribution < 1.29 is 4.79 Å². The van der Waals surface area contributed by atoms with Crippen molar-refractivity contribution in [1.29, 1.82) is 0 Å². The second kappa shape index (κ2) is 8.78. The third-order valence-electron chi connectivity index (χ3n) is 4.99. The molecule has 1 aliphatic heterocycles. The Bertz CT molecular complexity index is 1010. The molecule has 1 N–H and O–H groups in total. The van der Waals surface area contributed by atoms with E-state index in [0.717, 1.165) is 36.5 Å². The number of carbonyl (C=O) groups excluding carboxylic acids is 1. The van der Waals surface area contributed by atoms with Gasteiger partial charge >= 0.3 is 0 Å².